The fourth-order valence-electron chi connectivity index (χ4n) is 2.32. The lowest BCUT2D eigenvalue weighted by Gasteiger charge is -2.08. The molecule has 4 heteroatoms. The molecule has 1 heterocycles. The highest BCUT2D eigenvalue weighted by Gasteiger charge is 2.19. The van der Waals surface area contributed by atoms with E-state index in [1.165, 1.54) is 17.7 Å². The Bertz CT molecular complexity index is 655. The first kappa shape index (κ1) is 14.1. The highest BCUT2D eigenvalue weighted by Crippen LogP contribution is 2.24. The van der Waals surface area contributed by atoms with Crippen LogP contribution in [0.5, 0.6) is 0 Å². The summed E-state index contributed by atoms with van der Waals surface area (Å²) in [7, 11) is 0. The SMILES string of the molecule is Cc1ccc(F)cc1NC1=NC(Cc2ccccc2)CS1. The van der Waals surface area contributed by atoms with E-state index in [1.54, 1.807) is 17.8 Å². The second-order valence-corrected chi connectivity index (χ2v) is 6.18. The largest absolute Gasteiger partial charge is 0.335 e. The first-order chi connectivity index (χ1) is 10.2. The smallest absolute Gasteiger partial charge is 0.161 e. The molecular weight excluding hydrogens is 283 g/mol. The second kappa shape index (κ2) is 6.31. The Hall–Kier alpha value is -1.81. The molecule has 2 aromatic rings. The summed E-state index contributed by atoms with van der Waals surface area (Å²) in [5, 5.41) is 4.12. The van der Waals surface area contributed by atoms with Gasteiger partial charge in [0.05, 0.1) is 6.04 Å². The van der Waals surface area contributed by atoms with Crippen molar-refractivity contribution < 1.29 is 4.39 Å². The third kappa shape index (κ3) is 3.64. The highest BCUT2D eigenvalue weighted by atomic mass is 32.2. The number of hydrogen-bond donors (Lipinski definition) is 1. The molecule has 2 nitrogen and oxygen atoms in total. The Morgan fingerprint density at radius 3 is 2.86 bits per heavy atom. The number of hydrogen-bond acceptors (Lipinski definition) is 3. The van der Waals surface area contributed by atoms with E-state index in [2.05, 4.69) is 29.6 Å². The number of amidine groups is 1. The summed E-state index contributed by atoms with van der Waals surface area (Å²) in [6.45, 7) is 1.96. The van der Waals surface area contributed by atoms with Crippen LogP contribution in [0.3, 0.4) is 0 Å². The molecule has 0 amide bonds. The van der Waals surface area contributed by atoms with E-state index >= 15 is 0 Å². The molecule has 1 unspecified atom stereocenters. The normalized spacial score (nSPS) is 17.6. The summed E-state index contributed by atoms with van der Waals surface area (Å²) in [6, 6.07) is 15.4. The molecule has 21 heavy (non-hydrogen) atoms. The lowest BCUT2D eigenvalue weighted by atomic mass is 10.1. The van der Waals surface area contributed by atoms with Gasteiger partial charge in [0.15, 0.2) is 5.17 Å². The van der Waals surface area contributed by atoms with Crippen molar-refractivity contribution in [2.24, 2.45) is 4.99 Å². The zero-order valence-electron chi connectivity index (χ0n) is 11.8. The maximum atomic E-state index is 13.3. The topological polar surface area (TPSA) is 24.4 Å². The van der Waals surface area contributed by atoms with E-state index in [0.29, 0.717) is 0 Å². The van der Waals surface area contributed by atoms with Crippen molar-refractivity contribution in [3.05, 3.63) is 65.5 Å². The number of nitrogens with zero attached hydrogens (tertiary/aromatic N) is 1. The summed E-state index contributed by atoms with van der Waals surface area (Å²) < 4.78 is 13.3. The average molecular weight is 300 g/mol. The quantitative estimate of drug-likeness (QED) is 0.916. The number of nitrogens with one attached hydrogen (secondary N) is 1. The first-order valence-corrected chi connectivity index (χ1v) is 7.97. The van der Waals surface area contributed by atoms with Gasteiger partial charge in [-0.25, -0.2) is 4.39 Å². The van der Waals surface area contributed by atoms with Crippen LogP contribution in [0.25, 0.3) is 0 Å². The molecule has 0 aliphatic carbocycles. The molecular formula is C17H17FN2S. The van der Waals surface area contributed by atoms with Crippen LogP contribution in [0.1, 0.15) is 11.1 Å². The van der Waals surface area contributed by atoms with Crippen LogP contribution in [0.2, 0.25) is 0 Å². The molecule has 1 aliphatic rings. The van der Waals surface area contributed by atoms with Gasteiger partial charge in [-0.1, -0.05) is 48.2 Å². The molecule has 0 spiro atoms. The zero-order valence-corrected chi connectivity index (χ0v) is 12.7. The lowest BCUT2D eigenvalue weighted by molar-refractivity contribution is 0.628. The minimum absolute atomic E-state index is 0.229. The van der Waals surface area contributed by atoms with Gasteiger partial charge in [-0.3, -0.25) is 4.99 Å². The molecule has 1 aliphatic heterocycles. The maximum Gasteiger partial charge on any atom is 0.161 e. The predicted octanol–water partition coefficient (Wildman–Crippen LogP) is 4.26. The van der Waals surface area contributed by atoms with E-state index in [-0.39, 0.29) is 11.9 Å². The molecule has 0 saturated heterocycles. The third-order valence-electron chi connectivity index (χ3n) is 3.47. The Morgan fingerprint density at radius 2 is 2.05 bits per heavy atom. The van der Waals surface area contributed by atoms with Crippen LogP contribution in [-0.2, 0) is 6.42 Å². The van der Waals surface area contributed by atoms with Gasteiger partial charge in [0.2, 0.25) is 0 Å². The van der Waals surface area contributed by atoms with E-state index in [4.69, 9.17) is 4.99 Å². The lowest BCUT2D eigenvalue weighted by Crippen LogP contribution is -2.09. The molecule has 1 N–H and O–H groups in total. The van der Waals surface area contributed by atoms with E-state index < -0.39 is 0 Å². The van der Waals surface area contributed by atoms with Crippen molar-refractivity contribution in [3.8, 4) is 0 Å². The van der Waals surface area contributed by atoms with Crippen LogP contribution >= 0.6 is 11.8 Å². The van der Waals surface area contributed by atoms with Crippen LogP contribution < -0.4 is 5.32 Å². The molecule has 0 fully saturated rings. The van der Waals surface area contributed by atoms with Crippen molar-refractivity contribution in [2.45, 2.75) is 19.4 Å². The number of thioether (sulfide) groups is 1. The Labute approximate surface area is 128 Å². The fourth-order valence-corrected chi connectivity index (χ4v) is 3.27. The van der Waals surface area contributed by atoms with Gasteiger partial charge in [0.1, 0.15) is 5.82 Å². The van der Waals surface area contributed by atoms with Crippen LogP contribution in [0.15, 0.2) is 53.5 Å². The number of anilines is 1. The fraction of sp³-hybridized carbons (Fsp3) is 0.235. The van der Waals surface area contributed by atoms with Crippen molar-refractivity contribution >= 4 is 22.6 Å². The average Bonchev–Trinajstić information content (AvgIpc) is 2.91. The van der Waals surface area contributed by atoms with E-state index in [1.807, 2.05) is 13.0 Å². The van der Waals surface area contributed by atoms with Crippen molar-refractivity contribution in [2.75, 3.05) is 11.1 Å². The van der Waals surface area contributed by atoms with Crippen LogP contribution in [0, 0.1) is 12.7 Å². The summed E-state index contributed by atoms with van der Waals surface area (Å²) in [5.41, 5.74) is 3.11. The molecule has 108 valence electrons. The molecule has 0 radical (unpaired) electrons. The van der Waals surface area contributed by atoms with Gasteiger partial charge >= 0.3 is 0 Å². The standard InChI is InChI=1S/C17H17FN2S/c1-12-7-8-14(18)10-16(12)20-17-19-15(11-21-17)9-13-5-3-2-4-6-13/h2-8,10,15H,9,11H2,1H3,(H,19,20). The molecule has 1 atom stereocenters. The van der Waals surface area contributed by atoms with Crippen LogP contribution in [0.4, 0.5) is 10.1 Å². The second-order valence-electron chi connectivity index (χ2n) is 5.17. The number of aryl methyl sites for hydroxylation is 1. The molecule has 2 aromatic carbocycles. The van der Waals surface area contributed by atoms with Gasteiger partial charge in [-0.15, -0.1) is 0 Å². The van der Waals surface area contributed by atoms with Gasteiger partial charge in [0, 0.05) is 11.4 Å². The Morgan fingerprint density at radius 1 is 1.24 bits per heavy atom. The van der Waals surface area contributed by atoms with Crippen LogP contribution in [-0.4, -0.2) is 17.0 Å². The number of aliphatic imine (C=N–C) groups is 1. The molecule has 0 saturated carbocycles. The summed E-state index contributed by atoms with van der Waals surface area (Å²) >= 11 is 1.70. The molecule has 0 bridgehead atoms. The third-order valence-corrected chi connectivity index (χ3v) is 4.50. The molecule has 3 rings (SSSR count). The summed E-state index contributed by atoms with van der Waals surface area (Å²) in [6.07, 6.45) is 0.946. The highest BCUT2D eigenvalue weighted by molar-refractivity contribution is 8.14. The van der Waals surface area contributed by atoms with Gasteiger partial charge in [-0.2, -0.15) is 0 Å². The van der Waals surface area contributed by atoms with Gasteiger partial charge in [0.25, 0.3) is 0 Å². The Kier molecular flexibility index (Phi) is 4.25. The summed E-state index contributed by atoms with van der Waals surface area (Å²) in [5.74, 6) is 0.735. The Balaban J connectivity index is 1.67. The molecule has 0 aromatic heterocycles. The van der Waals surface area contributed by atoms with Crippen molar-refractivity contribution in [1.82, 2.24) is 0 Å². The van der Waals surface area contributed by atoms with Gasteiger partial charge < -0.3 is 5.32 Å². The maximum absolute atomic E-state index is 13.3. The van der Waals surface area contributed by atoms with E-state index in [9.17, 15) is 4.39 Å². The minimum atomic E-state index is -0.229. The number of halogens is 1. The number of rotatable bonds is 3. The first-order valence-electron chi connectivity index (χ1n) is 6.98. The summed E-state index contributed by atoms with van der Waals surface area (Å²) in [4.78, 5) is 4.70. The van der Waals surface area contributed by atoms with Crippen molar-refractivity contribution in [3.63, 3.8) is 0 Å². The van der Waals surface area contributed by atoms with E-state index in [0.717, 1.165) is 28.6 Å². The monoisotopic (exact) mass is 300 g/mol. The zero-order chi connectivity index (χ0) is 14.7. The number of benzene rings is 2. The van der Waals surface area contributed by atoms with Gasteiger partial charge in [-0.05, 0) is 36.6 Å². The van der Waals surface area contributed by atoms with Crippen molar-refractivity contribution in [1.29, 1.82) is 0 Å². The minimum Gasteiger partial charge on any atom is -0.335 e. The predicted molar refractivity (Wildman–Crippen MR) is 88.6 cm³/mol.